The molecular formula is C13H16N4O5. The Morgan fingerprint density at radius 3 is 2.64 bits per heavy atom. The molecule has 9 heteroatoms. The SMILES string of the molecule is CC(C)C(C)(N=COC(=O)c1cncc([N+](=O)[O-])c1)C(N)=O. The number of hydrogen-bond donors (Lipinski definition) is 1. The van der Waals surface area contributed by atoms with Gasteiger partial charge in [-0.05, 0) is 12.8 Å². The zero-order valence-electron chi connectivity index (χ0n) is 12.3. The highest BCUT2D eigenvalue weighted by atomic mass is 16.6. The minimum absolute atomic E-state index is 0.106. The molecule has 0 spiro atoms. The molecule has 0 aliphatic rings. The number of amides is 1. The lowest BCUT2D eigenvalue weighted by atomic mass is 9.89. The van der Waals surface area contributed by atoms with Crippen LogP contribution in [0, 0.1) is 16.0 Å². The molecule has 0 saturated heterocycles. The van der Waals surface area contributed by atoms with Crippen LogP contribution in [0.5, 0.6) is 0 Å². The number of aromatic nitrogens is 1. The average Bonchev–Trinajstić information content (AvgIpc) is 2.46. The molecule has 0 radical (unpaired) electrons. The molecule has 1 amide bonds. The molecule has 1 atom stereocenters. The van der Waals surface area contributed by atoms with E-state index in [1.165, 1.54) is 6.92 Å². The molecule has 1 aromatic heterocycles. The lowest BCUT2D eigenvalue weighted by Gasteiger charge is -2.24. The van der Waals surface area contributed by atoms with Crippen LogP contribution in [0.15, 0.2) is 23.5 Å². The summed E-state index contributed by atoms with van der Waals surface area (Å²) in [6.07, 6.45) is 2.94. The van der Waals surface area contributed by atoms with E-state index < -0.39 is 22.3 Å². The molecule has 0 aliphatic heterocycles. The zero-order chi connectivity index (χ0) is 16.9. The number of nitro groups is 1. The van der Waals surface area contributed by atoms with E-state index in [0.29, 0.717) is 0 Å². The number of aliphatic imine (C=N–C) groups is 1. The third-order valence-electron chi connectivity index (χ3n) is 3.27. The Kier molecular flexibility index (Phi) is 5.28. The van der Waals surface area contributed by atoms with Crippen molar-refractivity contribution in [2.45, 2.75) is 26.3 Å². The van der Waals surface area contributed by atoms with Crippen molar-refractivity contribution >= 4 is 24.0 Å². The molecule has 0 fully saturated rings. The quantitative estimate of drug-likeness (QED) is 0.274. The molecule has 0 saturated carbocycles. The van der Waals surface area contributed by atoms with Gasteiger partial charge in [-0.2, -0.15) is 0 Å². The zero-order valence-corrected chi connectivity index (χ0v) is 12.3. The number of esters is 1. The van der Waals surface area contributed by atoms with Crippen molar-refractivity contribution in [1.29, 1.82) is 0 Å². The van der Waals surface area contributed by atoms with Crippen molar-refractivity contribution in [1.82, 2.24) is 4.98 Å². The van der Waals surface area contributed by atoms with Gasteiger partial charge in [0.25, 0.3) is 5.69 Å². The van der Waals surface area contributed by atoms with Crippen LogP contribution in [0.3, 0.4) is 0 Å². The standard InChI is InChI=1S/C13H16N4O5/c1-8(2)13(3,12(14)19)16-7-22-11(18)9-4-10(17(20)21)6-15-5-9/h4-8H,1-3H3,(H2,14,19). The molecule has 1 unspecified atom stereocenters. The normalized spacial score (nSPS) is 13.8. The van der Waals surface area contributed by atoms with Crippen LogP contribution in [0.1, 0.15) is 31.1 Å². The largest absolute Gasteiger partial charge is 0.411 e. The monoisotopic (exact) mass is 308 g/mol. The van der Waals surface area contributed by atoms with Crippen molar-refractivity contribution in [3.05, 3.63) is 34.1 Å². The van der Waals surface area contributed by atoms with Crippen LogP contribution in [0.2, 0.25) is 0 Å². The molecule has 0 aromatic carbocycles. The summed E-state index contributed by atoms with van der Waals surface area (Å²) in [5.74, 6) is -1.75. The maximum absolute atomic E-state index is 11.8. The van der Waals surface area contributed by atoms with Crippen molar-refractivity contribution in [2.75, 3.05) is 0 Å². The van der Waals surface area contributed by atoms with E-state index in [9.17, 15) is 19.7 Å². The molecule has 1 aromatic rings. The highest BCUT2D eigenvalue weighted by molar-refractivity contribution is 5.94. The third-order valence-corrected chi connectivity index (χ3v) is 3.27. The van der Waals surface area contributed by atoms with Crippen molar-refractivity contribution in [2.24, 2.45) is 16.6 Å². The molecule has 0 bridgehead atoms. The fourth-order valence-corrected chi connectivity index (χ4v) is 1.39. The summed E-state index contributed by atoms with van der Waals surface area (Å²) in [6, 6.07) is 1.03. The van der Waals surface area contributed by atoms with Crippen LogP contribution < -0.4 is 5.73 Å². The number of carbonyl (C=O) groups is 2. The highest BCUT2D eigenvalue weighted by Crippen LogP contribution is 2.20. The lowest BCUT2D eigenvalue weighted by molar-refractivity contribution is -0.385. The van der Waals surface area contributed by atoms with Gasteiger partial charge in [0.2, 0.25) is 5.91 Å². The van der Waals surface area contributed by atoms with E-state index in [1.807, 2.05) is 0 Å². The Labute approximate surface area is 126 Å². The minimum atomic E-state index is -1.22. The van der Waals surface area contributed by atoms with Crippen LogP contribution >= 0.6 is 0 Å². The first-order valence-electron chi connectivity index (χ1n) is 6.32. The Hall–Kier alpha value is -2.84. The summed E-state index contributed by atoms with van der Waals surface area (Å²) in [5.41, 5.74) is 3.61. The number of hydrogen-bond acceptors (Lipinski definition) is 7. The molecule has 9 nitrogen and oxygen atoms in total. The van der Waals surface area contributed by atoms with Crippen molar-refractivity contribution in [3.8, 4) is 0 Å². The van der Waals surface area contributed by atoms with E-state index in [-0.39, 0.29) is 17.2 Å². The van der Waals surface area contributed by atoms with E-state index in [4.69, 9.17) is 10.5 Å². The van der Waals surface area contributed by atoms with Crippen molar-refractivity contribution in [3.63, 3.8) is 0 Å². The Morgan fingerprint density at radius 2 is 2.14 bits per heavy atom. The van der Waals surface area contributed by atoms with Gasteiger partial charge in [-0.25, -0.2) is 9.79 Å². The topological polar surface area (TPSA) is 138 Å². The van der Waals surface area contributed by atoms with Gasteiger partial charge in [0, 0.05) is 12.3 Å². The van der Waals surface area contributed by atoms with E-state index in [0.717, 1.165) is 24.9 Å². The number of ether oxygens (including phenoxy) is 1. The summed E-state index contributed by atoms with van der Waals surface area (Å²) in [5, 5.41) is 10.6. The van der Waals surface area contributed by atoms with E-state index >= 15 is 0 Å². The predicted molar refractivity (Wildman–Crippen MR) is 77.2 cm³/mol. The summed E-state index contributed by atoms with van der Waals surface area (Å²) in [7, 11) is 0. The molecule has 1 heterocycles. The summed E-state index contributed by atoms with van der Waals surface area (Å²) in [4.78, 5) is 40.6. The maximum atomic E-state index is 11.8. The first-order chi connectivity index (χ1) is 10.2. The number of primary amides is 1. The summed E-state index contributed by atoms with van der Waals surface area (Å²) >= 11 is 0. The minimum Gasteiger partial charge on any atom is -0.411 e. The van der Waals surface area contributed by atoms with Crippen molar-refractivity contribution < 1.29 is 19.2 Å². The number of nitrogens with zero attached hydrogens (tertiary/aromatic N) is 3. The number of rotatable bonds is 6. The van der Waals surface area contributed by atoms with Gasteiger partial charge in [-0.15, -0.1) is 0 Å². The first-order valence-corrected chi connectivity index (χ1v) is 6.32. The van der Waals surface area contributed by atoms with Crippen LogP contribution in [-0.4, -0.2) is 33.7 Å². The molecule has 22 heavy (non-hydrogen) atoms. The van der Waals surface area contributed by atoms with Crippen LogP contribution in [0.4, 0.5) is 5.69 Å². The van der Waals surface area contributed by atoms with Gasteiger partial charge in [0.05, 0.1) is 10.5 Å². The molecular weight excluding hydrogens is 292 g/mol. The van der Waals surface area contributed by atoms with Gasteiger partial charge in [-0.3, -0.25) is 19.9 Å². The average molecular weight is 308 g/mol. The smallest absolute Gasteiger partial charge is 0.346 e. The Morgan fingerprint density at radius 1 is 1.50 bits per heavy atom. The molecule has 2 N–H and O–H groups in total. The van der Waals surface area contributed by atoms with Gasteiger partial charge >= 0.3 is 5.97 Å². The van der Waals surface area contributed by atoms with Gasteiger partial charge in [0.1, 0.15) is 11.7 Å². The molecule has 0 aliphatic carbocycles. The second-order valence-corrected chi connectivity index (χ2v) is 5.00. The molecule has 118 valence electrons. The van der Waals surface area contributed by atoms with Gasteiger partial charge < -0.3 is 10.5 Å². The Bertz CT molecular complexity index is 629. The van der Waals surface area contributed by atoms with Gasteiger partial charge in [-0.1, -0.05) is 13.8 Å². The lowest BCUT2D eigenvalue weighted by Crippen LogP contribution is -2.44. The number of pyridine rings is 1. The van der Waals surface area contributed by atoms with Crippen LogP contribution in [0.25, 0.3) is 0 Å². The fraction of sp³-hybridized carbons (Fsp3) is 0.385. The predicted octanol–water partition coefficient (Wildman–Crippen LogP) is 1.07. The van der Waals surface area contributed by atoms with E-state index in [2.05, 4.69) is 9.98 Å². The Balaban J connectivity index is 2.86. The van der Waals surface area contributed by atoms with E-state index in [1.54, 1.807) is 13.8 Å². The second kappa shape index (κ2) is 6.74. The molecule has 1 rings (SSSR count). The highest BCUT2D eigenvalue weighted by Gasteiger charge is 2.34. The number of nitrogens with two attached hydrogens (primary N) is 1. The summed E-state index contributed by atoms with van der Waals surface area (Å²) < 4.78 is 4.76. The van der Waals surface area contributed by atoms with Gasteiger partial charge in [0.15, 0.2) is 6.40 Å². The fourth-order valence-electron chi connectivity index (χ4n) is 1.39. The van der Waals surface area contributed by atoms with Crippen LogP contribution in [-0.2, 0) is 9.53 Å². The second-order valence-electron chi connectivity index (χ2n) is 5.00. The first kappa shape index (κ1) is 17.2. The third kappa shape index (κ3) is 3.84. The number of carbonyl (C=O) groups excluding carboxylic acids is 2. The maximum Gasteiger partial charge on any atom is 0.346 e. The summed E-state index contributed by atoms with van der Waals surface area (Å²) in [6.45, 7) is 5.00.